The molecule has 0 aromatic heterocycles. The van der Waals surface area contributed by atoms with E-state index >= 15 is 0 Å². The largest absolute Gasteiger partial charge is 0.350 e. The van der Waals surface area contributed by atoms with E-state index in [0.29, 0.717) is 28.9 Å². The van der Waals surface area contributed by atoms with Gasteiger partial charge in [0, 0.05) is 12.1 Å². The molecule has 7 nitrogen and oxygen atoms in total. The highest BCUT2D eigenvalue weighted by atomic mass is 35.5. The van der Waals surface area contributed by atoms with E-state index in [1.165, 1.54) is 17.1 Å². The molecule has 2 aromatic rings. The highest BCUT2D eigenvalue weighted by Crippen LogP contribution is 2.31. The zero-order valence-corrected chi connectivity index (χ0v) is 15.1. The molecule has 0 unspecified atom stereocenters. The van der Waals surface area contributed by atoms with Crippen molar-refractivity contribution in [2.45, 2.75) is 27.2 Å². The summed E-state index contributed by atoms with van der Waals surface area (Å²) >= 11 is 0. The number of nitrogens with zero attached hydrogens (tertiary/aromatic N) is 2. The van der Waals surface area contributed by atoms with E-state index in [1.807, 2.05) is 38.1 Å². The molecule has 2 aromatic carbocycles. The Morgan fingerprint density at radius 1 is 1.28 bits per heavy atom. The number of nitro benzene ring substituents is 1. The summed E-state index contributed by atoms with van der Waals surface area (Å²) in [5.74, 6) is 0. The van der Waals surface area contributed by atoms with Crippen LogP contribution in [0, 0.1) is 24.0 Å². The number of hydrazine groups is 1. The van der Waals surface area contributed by atoms with E-state index in [1.54, 1.807) is 6.92 Å². The van der Waals surface area contributed by atoms with Gasteiger partial charge in [0.1, 0.15) is 0 Å². The summed E-state index contributed by atoms with van der Waals surface area (Å²) in [6.45, 7) is 5.53. The van der Waals surface area contributed by atoms with Crippen molar-refractivity contribution in [1.82, 2.24) is 0 Å². The van der Waals surface area contributed by atoms with Gasteiger partial charge in [0.25, 0.3) is 5.69 Å². The van der Waals surface area contributed by atoms with Crippen molar-refractivity contribution in [3.05, 3.63) is 63.2 Å². The average molecular weight is 365 g/mol. The third-order valence-electron chi connectivity index (χ3n) is 3.66. The number of primary amides is 1. The minimum absolute atomic E-state index is 0. The molecular formula is C17H21ClN4O3. The maximum Gasteiger partial charge on any atom is 0.338 e. The normalized spacial score (nSPS) is 9.88. The predicted molar refractivity (Wildman–Crippen MR) is 101 cm³/mol. The number of nitrogens with two attached hydrogens (primary N) is 1. The monoisotopic (exact) mass is 364 g/mol. The van der Waals surface area contributed by atoms with Crippen molar-refractivity contribution in [3.8, 4) is 0 Å². The van der Waals surface area contributed by atoms with Gasteiger partial charge in [-0.1, -0.05) is 19.1 Å². The van der Waals surface area contributed by atoms with E-state index in [2.05, 4.69) is 5.43 Å². The van der Waals surface area contributed by atoms with Crippen LogP contribution in [-0.2, 0) is 6.42 Å². The molecule has 2 rings (SSSR count). The summed E-state index contributed by atoms with van der Waals surface area (Å²) < 4.78 is 0. The number of urea groups is 1. The number of carbonyl (C=O) groups is 1. The number of rotatable bonds is 5. The standard InChI is InChI=1S/C17H20N4O3.ClH/c1-4-13-10-15(21(23)24)9-12(3)16(13)20(17(18)22)19-14-7-5-6-11(2)8-14;/h5-10,19H,4H2,1-3H3,(H2,18,22);1H. The van der Waals surface area contributed by atoms with Crippen LogP contribution in [0.2, 0.25) is 0 Å². The molecule has 0 saturated carbocycles. The smallest absolute Gasteiger partial charge is 0.338 e. The first-order valence-electron chi connectivity index (χ1n) is 7.54. The van der Waals surface area contributed by atoms with Gasteiger partial charge in [0.2, 0.25) is 0 Å². The van der Waals surface area contributed by atoms with Crippen molar-refractivity contribution in [3.63, 3.8) is 0 Å². The lowest BCUT2D eigenvalue weighted by molar-refractivity contribution is -0.384. The SMILES string of the molecule is CCc1cc([N+](=O)[O-])cc(C)c1N(Nc1cccc(C)c1)C(N)=O.Cl. The first kappa shape index (κ1) is 20.2. The van der Waals surface area contributed by atoms with Gasteiger partial charge in [-0.15, -0.1) is 12.4 Å². The van der Waals surface area contributed by atoms with Crippen molar-refractivity contribution in [2.75, 3.05) is 10.4 Å². The number of nitro groups is 1. The molecule has 2 amide bonds. The molecule has 3 N–H and O–H groups in total. The fourth-order valence-electron chi connectivity index (χ4n) is 2.59. The molecule has 134 valence electrons. The van der Waals surface area contributed by atoms with Crippen molar-refractivity contribution in [1.29, 1.82) is 0 Å². The Balaban J connectivity index is 0.00000312. The van der Waals surface area contributed by atoms with Crippen molar-refractivity contribution < 1.29 is 9.72 Å². The van der Waals surface area contributed by atoms with Crippen LogP contribution < -0.4 is 16.2 Å². The number of halogens is 1. The Bertz CT molecular complexity index is 795. The predicted octanol–water partition coefficient (Wildman–Crippen LogP) is 4.11. The van der Waals surface area contributed by atoms with Gasteiger partial charge >= 0.3 is 6.03 Å². The second-order valence-corrected chi connectivity index (χ2v) is 5.54. The molecule has 0 heterocycles. The van der Waals surface area contributed by atoms with Crippen LogP contribution in [0.4, 0.5) is 21.9 Å². The molecule has 0 aliphatic heterocycles. The van der Waals surface area contributed by atoms with Gasteiger partial charge in [-0.05, 0) is 49.1 Å². The van der Waals surface area contributed by atoms with Gasteiger partial charge < -0.3 is 5.73 Å². The van der Waals surface area contributed by atoms with E-state index in [4.69, 9.17) is 5.73 Å². The quantitative estimate of drug-likeness (QED) is 0.615. The fraction of sp³-hybridized carbons (Fsp3) is 0.235. The minimum atomic E-state index is -0.692. The summed E-state index contributed by atoms with van der Waals surface area (Å²) in [6.07, 6.45) is 0.525. The Labute approximate surface area is 152 Å². The average Bonchev–Trinajstić information content (AvgIpc) is 2.52. The van der Waals surface area contributed by atoms with Crippen LogP contribution in [0.1, 0.15) is 23.6 Å². The van der Waals surface area contributed by atoms with E-state index in [9.17, 15) is 14.9 Å². The summed E-state index contributed by atoms with van der Waals surface area (Å²) in [5.41, 5.74) is 12.1. The topological polar surface area (TPSA) is 102 Å². The van der Waals surface area contributed by atoms with Gasteiger partial charge in [-0.2, -0.15) is 0 Å². The Morgan fingerprint density at radius 2 is 1.96 bits per heavy atom. The second kappa shape index (κ2) is 8.34. The molecule has 0 fully saturated rings. The van der Waals surface area contributed by atoms with Crippen LogP contribution in [0.5, 0.6) is 0 Å². The zero-order valence-electron chi connectivity index (χ0n) is 14.3. The molecule has 0 atom stereocenters. The Kier molecular flexibility index (Phi) is 6.76. The molecular weight excluding hydrogens is 344 g/mol. The number of amides is 2. The van der Waals surface area contributed by atoms with Gasteiger partial charge in [0.05, 0.1) is 16.3 Å². The van der Waals surface area contributed by atoms with Crippen molar-refractivity contribution >= 4 is 35.5 Å². The number of anilines is 2. The van der Waals surface area contributed by atoms with Crippen LogP contribution in [0.3, 0.4) is 0 Å². The molecule has 0 aliphatic rings. The van der Waals surface area contributed by atoms with E-state index in [-0.39, 0.29) is 18.1 Å². The number of benzene rings is 2. The lowest BCUT2D eigenvalue weighted by Crippen LogP contribution is -2.41. The molecule has 0 spiro atoms. The van der Waals surface area contributed by atoms with Crippen LogP contribution in [-0.4, -0.2) is 11.0 Å². The molecule has 8 heteroatoms. The van der Waals surface area contributed by atoms with E-state index in [0.717, 1.165) is 5.56 Å². The van der Waals surface area contributed by atoms with Crippen molar-refractivity contribution in [2.24, 2.45) is 5.73 Å². The molecule has 0 saturated heterocycles. The molecule has 25 heavy (non-hydrogen) atoms. The number of hydrogen-bond acceptors (Lipinski definition) is 4. The van der Waals surface area contributed by atoms with Crippen LogP contribution in [0.25, 0.3) is 0 Å². The maximum atomic E-state index is 12.0. The van der Waals surface area contributed by atoms with Crippen LogP contribution in [0.15, 0.2) is 36.4 Å². The minimum Gasteiger partial charge on any atom is -0.350 e. The second-order valence-electron chi connectivity index (χ2n) is 5.54. The molecule has 0 bridgehead atoms. The van der Waals surface area contributed by atoms with Crippen LogP contribution >= 0.6 is 12.4 Å². The summed E-state index contributed by atoms with van der Waals surface area (Å²) in [4.78, 5) is 22.6. The lowest BCUT2D eigenvalue weighted by Gasteiger charge is -2.26. The zero-order chi connectivity index (χ0) is 17.9. The number of nitrogens with one attached hydrogen (secondary N) is 1. The number of aryl methyl sites for hydroxylation is 3. The molecule has 0 aliphatic carbocycles. The number of carbonyl (C=O) groups excluding carboxylic acids is 1. The van der Waals surface area contributed by atoms with Gasteiger partial charge in [-0.3, -0.25) is 15.5 Å². The Hall–Kier alpha value is -2.80. The third kappa shape index (κ3) is 4.60. The van der Waals surface area contributed by atoms with Gasteiger partial charge in [0.15, 0.2) is 0 Å². The first-order chi connectivity index (χ1) is 11.3. The lowest BCUT2D eigenvalue weighted by atomic mass is 10.0. The summed E-state index contributed by atoms with van der Waals surface area (Å²) in [7, 11) is 0. The third-order valence-corrected chi connectivity index (χ3v) is 3.66. The summed E-state index contributed by atoms with van der Waals surface area (Å²) in [6, 6.07) is 9.70. The van der Waals surface area contributed by atoms with Gasteiger partial charge in [-0.25, -0.2) is 9.80 Å². The van der Waals surface area contributed by atoms with E-state index < -0.39 is 11.0 Å². The number of non-ortho nitro benzene ring substituents is 1. The molecule has 0 radical (unpaired) electrons. The highest BCUT2D eigenvalue weighted by Gasteiger charge is 2.22. The maximum absolute atomic E-state index is 12.0. The Morgan fingerprint density at radius 3 is 2.48 bits per heavy atom. The fourth-order valence-corrected chi connectivity index (χ4v) is 2.59. The number of hydrogen-bond donors (Lipinski definition) is 2. The summed E-state index contributed by atoms with van der Waals surface area (Å²) in [5, 5.41) is 12.3. The highest BCUT2D eigenvalue weighted by molar-refractivity contribution is 5.94. The first-order valence-corrected chi connectivity index (χ1v) is 7.54.